The van der Waals surface area contributed by atoms with E-state index in [2.05, 4.69) is 0 Å². The van der Waals surface area contributed by atoms with Crippen molar-refractivity contribution in [2.75, 3.05) is 0 Å². The van der Waals surface area contributed by atoms with E-state index in [0.717, 1.165) is 0 Å². The molecule has 0 aliphatic heterocycles. The largest absolute Gasteiger partial charge is 0.326 e. The Labute approximate surface area is 70.4 Å². The molecule has 0 amide bonds. The maximum atomic E-state index is 13.2. The van der Waals surface area contributed by atoms with Crippen LogP contribution in [0.5, 0.6) is 0 Å². The summed E-state index contributed by atoms with van der Waals surface area (Å²) < 4.78 is 13.2. The predicted octanol–water partition coefficient (Wildman–Crippen LogP) is 1.35. The Morgan fingerprint density at radius 2 is 2.08 bits per heavy atom. The zero-order valence-corrected chi connectivity index (χ0v) is 6.55. The van der Waals surface area contributed by atoms with Gasteiger partial charge in [-0.05, 0) is 0 Å². The lowest BCUT2D eigenvalue weighted by molar-refractivity contribution is 0.598. The minimum atomic E-state index is -0.346. The van der Waals surface area contributed by atoms with E-state index in [-0.39, 0.29) is 18.8 Å². The first-order valence-corrected chi connectivity index (χ1v) is 3.63. The van der Waals surface area contributed by atoms with Crippen molar-refractivity contribution in [2.24, 2.45) is 5.73 Å². The highest BCUT2D eigenvalue weighted by Gasteiger charge is 2.04. The third-order valence-electron chi connectivity index (χ3n) is 1.65. The number of nitrogens with two attached hydrogens (primary N) is 1. The Morgan fingerprint density at radius 1 is 1.42 bits per heavy atom. The quantitative estimate of drug-likeness (QED) is 0.717. The first kappa shape index (κ1) is 8.69. The van der Waals surface area contributed by atoms with Gasteiger partial charge in [0, 0.05) is 17.7 Å². The van der Waals surface area contributed by atoms with Gasteiger partial charge in [-0.3, -0.25) is 0 Å². The normalized spacial score (nSPS) is 9.42. The number of nitrogens with zero attached hydrogens (tertiary/aromatic N) is 1. The molecule has 0 saturated heterocycles. The highest BCUT2D eigenvalue weighted by Crippen LogP contribution is 2.12. The van der Waals surface area contributed by atoms with Crippen molar-refractivity contribution in [1.82, 2.24) is 0 Å². The second-order valence-corrected chi connectivity index (χ2v) is 2.43. The van der Waals surface area contributed by atoms with Crippen molar-refractivity contribution in [2.45, 2.75) is 13.0 Å². The van der Waals surface area contributed by atoms with Crippen LogP contribution in [-0.2, 0) is 13.0 Å². The Morgan fingerprint density at radius 3 is 2.67 bits per heavy atom. The molecule has 0 fully saturated rings. The Balaban J connectivity index is 3.07. The smallest absolute Gasteiger partial charge is 0.131 e. The predicted molar refractivity (Wildman–Crippen MR) is 43.6 cm³/mol. The Bertz CT molecular complexity index is 315. The fourth-order valence-corrected chi connectivity index (χ4v) is 1.01. The maximum Gasteiger partial charge on any atom is 0.131 e. The van der Waals surface area contributed by atoms with Crippen LogP contribution in [0.3, 0.4) is 0 Å². The van der Waals surface area contributed by atoms with Crippen LogP contribution >= 0.6 is 0 Å². The molecule has 0 aromatic heterocycles. The minimum Gasteiger partial charge on any atom is -0.326 e. The van der Waals surface area contributed by atoms with Crippen LogP contribution in [0.2, 0.25) is 0 Å². The molecule has 0 bridgehead atoms. The SMILES string of the molecule is N#CCc1cccc(CN)c1F. The molecule has 0 heterocycles. The lowest BCUT2D eigenvalue weighted by atomic mass is 10.1. The first-order valence-electron chi connectivity index (χ1n) is 3.63. The fourth-order valence-electron chi connectivity index (χ4n) is 1.01. The van der Waals surface area contributed by atoms with E-state index >= 15 is 0 Å². The second kappa shape index (κ2) is 3.84. The van der Waals surface area contributed by atoms with Gasteiger partial charge in [0.1, 0.15) is 5.82 Å². The molecule has 2 N–H and O–H groups in total. The van der Waals surface area contributed by atoms with Gasteiger partial charge in [0.2, 0.25) is 0 Å². The van der Waals surface area contributed by atoms with Crippen LogP contribution in [0.25, 0.3) is 0 Å². The summed E-state index contributed by atoms with van der Waals surface area (Å²) in [6.45, 7) is 0.172. The van der Waals surface area contributed by atoms with Crippen LogP contribution in [0.1, 0.15) is 11.1 Å². The Kier molecular flexibility index (Phi) is 2.78. The van der Waals surface area contributed by atoms with Crippen molar-refractivity contribution in [3.63, 3.8) is 0 Å². The molecule has 0 atom stereocenters. The van der Waals surface area contributed by atoms with Crippen LogP contribution in [0.15, 0.2) is 18.2 Å². The average molecular weight is 164 g/mol. The zero-order valence-electron chi connectivity index (χ0n) is 6.55. The van der Waals surface area contributed by atoms with E-state index in [1.807, 2.05) is 6.07 Å². The molecule has 1 aromatic rings. The van der Waals surface area contributed by atoms with Gasteiger partial charge in [-0.25, -0.2) is 4.39 Å². The van der Waals surface area contributed by atoms with Gasteiger partial charge in [-0.1, -0.05) is 18.2 Å². The summed E-state index contributed by atoms with van der Waals surface area (Å²) in [6, 6.07) is 6.82. The van der Waals surface area contributed by atoms with E-state index in [1.165, 1.54) is 0 Å². The van der Waals surface area contributed by atoms with Crippen molar-refractivity contribution < 1.29 is 4.39 Å². The number of hydrogen-bond donors (Lipinski definition) is 1. The summed E-state index contributed by atoms with van der Waals surface area (Å²) in [7, 11) is 0. The van der Waals surface area contributed by atoms with E-state index in [1.54, 1.807) is 18.2 Å². The molecule has 0 spiro atoms. The zero-order chi connectivity index (χ0) is 8.97. The molecular formula is C9H9FN2. The van der Waals surface area contributed by atoms with Crippen LogP contribution in [0, 0.1) is 17.1 Å². The van der Waals surface area contributed by atoms with E-state index in [0.29, 0.717) is 11.1 Å². The highest BCUT2D eigenvalue weighted by atomic mass is 19.1. The van der Waals surface area contributed by atoms with Gasteiger partial charge in [-0.15, -0.1) is 0 Å². The standard InChI is InChI=1S/C9H9FN2/c10-9-7(4-5-11)2-1-3-8(9)6-12/h1-3H,4,6,12H2. The van der Waals surface area contributed by atoms with E-state index in [4.69, 9.17) is 11.0 Å². The first-order chi connectivity index (χ1) is 5.79. The summed E-state index contributed by atoms with van der Waals surface area (Å²) in [6.07, 6.45) is 0.0969. The van der Waals surface area contributed by atoms with E-state index < -0.39 is 0 Å². The van der Waals surface area contributed by atoms with Gasteiger partial charge in [0.25, 0.3) is 0 Å². The molecule has 0 radical (unpaired) electrons. The highest BCUT2D eigenvalue weighted by molar-refractivity contribution is 5.27. The Hall–Kier alpha value is -1.40. The van der Waals surface area contributed by atoms with Gasteiger partial charge in [-0.2, -0.15) is 5.26 Å². The minimum absolute atomic E-state index is 0.0969. The summed E-state index contributed by atoms with van der Waals surface area (Å²) >= 11 is 0. The van der Waals surface area contributed by atoms with E-state index in [9.17, 15) is 4.39 Å². The monoisotopic (exact) mass is 164 g/mol. The molecule has 62 valence electrons. The number of hydrogen-bond acceptors (Lipinski definition) is 2. The van der Waals surface area contributed by atoms with Crippen molar-refractivity contribution in [3.05, 3.63) is 35.1 Å². The topological polar surface area (TPSA) is 49.8 Å². The molecule has 0 aliphatic rings. The van der Waals surface area contributed by atoms with Crippen LogP contribution in [-0.4, -0.2) is 0 Å². The van der Waals surface area contributed by atoms with Crippen molar-refractivity contribution >= 4 is 0 Å². The summed E-state index contributed by atoms with van der Waals surface area (Å²) in [5.41, 5.74) is 6.17. The lowest BCUT2D eigenvalue weighted by Gasteiger charge is -2.02. The molecule has 0 saturated carbocycles. The summed E-state index contributed by atoms with van der Waals surface area (Å²) in [4.78, 5) is 0. The van der Waals surface area contributed by atoms with Gasteiger partial charge >= 0.3 is 0 Å². The fraction of sp³-hybridized carbons (Fsp3) is 0.222. The van der Waals surface area contributed by atoms with Crippen LogP contribution in [0.4, 0.5) is 4.39 Å². The molecule has 0 unspecified atom stereocenters. The molecule has 0 aliphatic carbocycles. The molecule has 2 nitrogen and oxygen atoms in total. The number of benzene rings is 1. The molecule has 12 heavy (non-hydrogen) atoms. The summed E-state index contributed by atoms with van der Waals surface area (Å²) in [5.74, 6) is -0.346. The summed E-state index contributed by atoms with van der Waals surface area (Å²) in [5, 5.41) is 8.36. The third kappa shape index (κ3) is 1.60. The van der Waals surface area contributed by atoms with Crippen molar-refractivity contribution in [3.8, 4) is 6.07 Å². The number of rotatable bonds is 2. The lowest BCUT2D eigenvalue weighted by Crippen LogP contribution is -2.02. The maximum absolute atomic E-state index is 13.2. The molecule has 3 heteroatoms. The average Bonchev–Trinajstić information content (AvgIpc) is 2.09. The van der Waals surface area contributed by atoms with Crippen molar-refractivity contribution in [1.29, 1.82) is 5.26 Å². The van der Waals surface area contributed by atoms with Gasteiger partial charge in [0.05, 0.1) is 12.5 Å². The number of nitriles is 1. The molecular weight excluding hydrogens is 155 g/mol. The number of halogens is 1. The van der Waals surface area contributed by atoms with Crippen LogP contribution < -0.4 is 5.73 Å². The third-order valence-corrected chi connectivity index (χ3v) is 1.65. The second-order valence-electron chi connectivity index (χ2n) is 2.43. The van der Waals surface area contributed by atoms with Gasteiger partial charge < -0.3 is 5.73 Å². The molecule has 1 rings (SSSR count). The van der Waals surface area contributed by atoms with Gasteiger partial charge in [0.15, 0.2) is 0 Å². The molecule has 1 aromatic carbocycles.